The third-order valence-electron chi connectivity index (χ3n) is 3.82. The van der Waals surface area contributed by atoms with E-state index in [4.69, 9.17) is 9.47 Å². The van der Waals surface area contributed by atoms with Crippen LogP contribution in [0.25, 0.3) is 10.9 Å². The van der Waals surface area contributed by atoms with Crippen molar-refractivity contribution in [2.75, 3.05) is 19.6 Å². The van der Waals surface area contributed by atoms with Crippen molar-refractivity contribution < 1.29 is 14.6 Å². The van der Waals surface area contributed by atoms with E-state index in [2.05, 4.69) is 15.5 Å². The minimum Gasteiger partial charge on any atom is -0.504 e. The fourth-order valence-electron chi connectivity index (χ4n) is 2.51. The maximum absolute atomic E-state index is 9.61. The van der Waals surface area contributed by atoms with Crippen LogP contribution in [0, 0.1) is 6.92 Å². The fourth-order valence-corrected chi connectivity index (χ4v) is 2.51. The van der Waals surface area contributed by atoms with Gasteiger partial charge in [-0.15, -0.1) is 0 Å². The molecule has 0 saturated heterocycles. The molecule has 1 heterocycles. The van der Waals surface area contributed by atoms with Crippen LogP contribution in [0.1, 0.15) is 11.1 Å². The first-order valence-electron chi connectivity index (χ1n) is 7.72. The number of nitrogens with zero attached hydrogens (tertiary/aromatic N) is 2. The molecule has 6 nitrogen and oxygen atoms in total. The highest BCUT2D eigenvalue weighted by molar-refractivity contribution is 5.85. The van der Waals surface area contributed by atoms with Gasteiger partial charge < -0.3 is 14.6 Å². The number of anilines is 1. The topological polar surface area (TPSA) is 76.0 Å². The lowest BCUT2D eigenvalue weighted by Crippen LogP contribution is -1.96. The minimum atomic E-state index is 0.0911. The van der Waals surface area contributed by atoms with Gasteiger partial charge in [-0.1, -0.05) is 0 Å². The number of phenolic OH excluding ortho intramolecular Hbond substituents is 1. The summed E-state index contributed by atoms with van der Waals surface area (Å²) in [5.41, 5.74) is 5.65. The van der Waals surface area contributed by atoms with Crippen molar-refractivity contribution in [3.8, 4) is 17.2 Å². The summed E-state index contributed by atoms with van der Waals surface area (Å²) in [6.07, 6.45) is 1.63. The van der Waals surface area contributed by atoms with Crippen LogP contribution in [0.2, 0.25) is 0 Å². The molecule has 0 unspecified atom stereocenters. The Labute approximate surface area is 145 Å². The number of fused-ring (bicyclic) bond motifs is 1. The molecule has 0 atom stereocenters. The molecule has 0 radical (unpaired) electrons. The molecule has 0 aliphatic heterocycles. The number of aryl methyl sites for hydroxylation is 1. The van der Waals surface area contributed by atoms with Gasteiger partial charge in [0, 0.05) is 11.5 Å². The van der Waals surface area contributed by atoms with Gasteiger partial charge in [0.1, 0.15) is 11.6 Å². The first-order valence-corrected chi connectivity index (χ1v) is 7.72. The molecular weight excluding hydrogens is 318 g/mol. The number of hydrogen-bond acceptors (Lipinski definition) is 6. The Morgan fingerprint density at radius 2 is 1.92 bits per heavy atom. The SMILES string of the molecule is COc1ccc2c(C)cc(N/N=C/c3ccc(O)c(OC)c3)nc2c1. The predicted molar refractivity (Wildman–Crippen MR) is 98.9 cm³/mol. The van der Waals surface area contributed by atoms with Gasteiger partial charge in [-0.2, -0.15) is 5.10 Å². The number of ether oxygens (including phenoxy) is 2. The zero-order chi connectivity index (χ0) is 17.8. The summed E-state index contributed by atoms with van der Waals surface area (Å²) in [6.45, 7) is 2.02. The average molecular weight is 337 g/mol. The summed E-state index contributed by atoms with van der Waals surface area (Å²) >= 11 is 0. The van der Waals surface area contributed by atoms with E-state index in [0.29, 0.717) is 11.6 Å². The second-order valence-electron chi connectivity index (χ2n) is 5.51. The number of aromatic nitrogens is 1. The molecule has 2 N–H and O–H groups in total. The molecule has 0 fully saturated rings. The van der Waals surface area contributed by atoms with E-state index in [1.807, 2.05) is 31.2 Å². The number of hydrazone groups is 1. The Hall–Kier alpha value is -3.28. The summed E-state index contributed by atoms with van der Waals surface area (Å²) in [5, 5.41) is 14.9. The van der Waals surface area contributed by atoms with Crippen molar-refractivity contribution in [2.45, 2.75) is 6.92 Å². The molecule has 0 amide bonds. The van der Waals surface area contributed by atoms with Gasteiger partial charge >= 0.3 is 0 Å². The number of pyridine rings is 1. The molecule has 0 spiro atoms. The van der Waals surface area contributed by atoms with Gasteiger partial charge in [-0.3, -0.25) is 5.43 Å². The Kier molecular flexibility index (Phi) is 4.70. The second-order valence-corrected chi connectivity index (χ2v) is 5.51. The molecule has 128 valence electrons. The van der Waals surface area contributed by atoms with Crippen LogP contribution in [0.5, 0.6) is 17.2 Å². The molecule has 1 aromatic heterocycles. The van der Waals surface area contributed by atoms with E-state index in [1.54, 1.807) is 31.5 Å². The number of phenols is 1. The van der Waals surface area contributed by atoms with Crippen molar-refractivity contribution in [1.82, 2.24) is 4.98 Å². The Morgan fingerprint density at radius 3 is 2.68 bits per heavy atom. The van der Waals surface area contributed by atoms with Gasteiger partial charge in [0.05, 0.1) is 26.0 Å². The van der Waals surface area contributed by atoms with E-state index in [-0.39, 0.29) is 5.75 Å². The van der Waals surface area contributed by atoms with Crippen LogP contribution < -0.4 is 14.9 Å². The lowest BCUT2D eigenvalue weighted by atomic mass is 10.1. The number of nitrogens with one attached hydrogen (secondary N) is 1. The highest BCUT2D eigenvalue weighted by Crippen LogP contribution is 2.26. The summed E-state index contributed by atoms with van der Waals surface area (Å²) in [7, 11) is 3.14. The smallest absolute Gasteiger partial charge is 0.161 e. The summed E-state index contributed by atoms with van der Waals surface area (Å²) in [6, 6.07) is 12.7. The van der Waals surface area contributed by atoms with E-state index in [1.165, 1.54) is 7.11 Å². The van der Waals surface area contributed by atoms with Crippen molar-refractivity contribution >= 4 is 22.9 Å². The van der Waals surface area contributed by atoms with Gasteiger partial charge in [0.25, 0.3) is 0 Å². The van der Waals surface area contributed by atoms with E-state index in [0.717, 1.165) is 27.8 Å². The van der Waals surface area contributed by atoms with Crippen LogP contribution in [0.4, 0.5) is 5.82 Å². The number of benzene rings is 2. The van der Waals surface area contributed by atoms with E-state index in [9.17, 15) is 5.11 Å². The van der Waals surface area contributed by atoms with Gasteiger partial charge in [0.2, 0.25) is 0 Å². The average Bonchev–Trinajstić information content (AvgIpc) is 2.62. The van der Waals surface area contributed by atoms with Crippen molar-refractivity contribution in [3.05, 3.63) is 53.6 Å². The monoisotopic (exact) mass is 337 g/mol. The highest BCUT2D eigenvalue weighted by Gasteiger charge is 2.04. The Balaban J connectivity index is 1.83. The van der Waals surface area contributed by atoms with Crippen LogP contribution >= 0.6 is 0 Å². The molecule has 3 aromatic rings. The maximum atomic E-state index is 9.61. The van der Waals surface area contributed by atoms with Crippen molar-refractivity contribution in [3.63, 3.8) is 0 Å². The summed E-state index contributed by atoms with van der Waals surface area (Å²) in [5.74, 6) is 1.89. The van der Waals surface area contributed by atoms with E-state index < -0.39 is 0 Å². The largest absolute Gasteiger partial charge is 0.504 e. The summed E-state index contributed by atoms with van der Waals surface area (Å²) in [4.78, 5) is 4.55. The van der Waals surface area contributed by atoms with Crippen LogP contribution in [0.3, 0.4) is 0 Å². The molecule has 0 saturated carbocycles. The van der Waals surface area contributed by atoms with Crippen molar-refractivity contribution in [2.24, 2.45) is 5.10 Å². The fraction of sp³-hybridized carbons (Fsp3) is 0.158. The molecule has 0 aliphatic rings. The number of rotatable bonds is 5. The zero-order valence-corrected chi connectivity index (χ0v) is 14.3. The minimum absolute atomic E-state index is 0.0911. The molecule has 3 rings (SSSR count). The summed E-state index contributed by atoms with van der Waals surface area (Å²) < 4.78 is 10.3. The zero-order valence-electron chi connectivity index (χ0n) is 14.3. The first kappa shape index (κ1) is 16.6. The van der Waals surface area contributed by atoms with Crippen molar-refractivity contribution in [1.29, 1.82) is 0 Å². The quantitative estimate of drug-likeness (QED) is 0.548. The third kappa shape index (κ3) is 3.63. The second kappa shape index (κ2) is 7.09. The predicted octanol–water partition coefficient (Wildman–Crippen LogP) is 3.71. The molecule has 25 heavy (non-hydrogen) atoms. The lowest BCUT2D eigenvalue weighted by Gasteiger charge is -2.07. The molecule has 0 aliphatic carbocycles. The maximum Gasteiger partial charge on any atom is 0.161 e. The lowest BCUT2D eigenvalue weighted by molar-refractivity contribution is 0.373. The van der Waals surface area contributed by atoms with Gasteiger partial charge in [-0.25, -0.2) is 4.98 Å². The Morgan fingerprint density at radius 1 is 1.08 bits per heavy atom. The molecular formula is C19H19N3O3. The molecule has 6 heteroatoms. The van der Waals surface area contributed by atoms with Gasteiger partial charge in [0.15, 0.2) is 11.5 Å². The normalized spacial score (nSPS) is 11.0. The standard InChI is InChI=1S/C19H19N3O3/c1-12-8-19(21-16-10-14(24-2)5-6-15(12)16)22-20-11-13-4-7-17(23)18(9-13)25-3/h4-11,23H,1-3H3,(H,21,22)/b20-11+. The number of methoxy groups -OCH3 is 2. The number of hydrogen-bond donors (Lipinski definition) is 2. The van der Waals surface area contributed by atoms with Crippen LogP contribution in [-0.2, 0) is 0 Å². The third-order valence-corrected chi connectivity index (χ3v) is 3.82. The van der Waals surface area contributed by atoms with Gasteiger partial charge in [-0.05, 0) is 54.4 Å². The van der Waals surface area contributed by atoms with Crippen LogP contribution in [-0.4, -0.2) is 30.5 Å². The van der Waals surface area contributed by atoms with Crippen LogP contribution in [0.15, 0.2) is 47.6 Å². The number of aromatic hydroxyl groups is 1. The highest BCUT2D eigenvalue weighted by atomic mass is 16.5. The first-order chi connectivity index (χ1) is 12.1. The molecule has 0 bridgehead atoms. The molecule has 2 aromatic carbocycles. The van der Waals surface area contributed by atoms with E-state index >= 15 is 0 Å². The Bertz CT molecular complexity index is 939.